The van der Waals surface area contributed by atoms with Crippen LogP contribution in [0.1, 0.15) is 6.92 Å². The Morgan fingerprint density at radius 1 is 1.00 bits per heavy atom. The summed E-state index contributed by atoms with van der Waals surface area (Å²) in [5.74, 6) is 0.434. The molecule has 0 N–H and O–H groups in total. The van der Waals surface area contributed by atoms with Crippen molar-refractivity contribution in [1.29, 1.82) is 0 Å². The maximum absolute atomic E-state index is 11.2. The Morgan fingerprint density at radius 2 is 1.71 bits per heavy atom. The molecule has 0 heterocycles. The van der Waals surface area contributed by atoms with E-state index in [9.17, 15) is 4.79 Å². The van der Waals surface area contributed by atoms with Crippen molar-refractivity contribution in [3.05, 3.63) is 66.7 Å². The summed E-state index contributed by atoms with van der Waals surface area (Å²) >= 11 is 0. The van der Waals surface area contributed by atoms with E-state index in [2.05, 4.69) is 0 Å². The molecule has 0 aliphatic rings. The molecule has 0 unspecified atom stereocenters. The molecular weight excluding hydrogens is 264 g/mol. The number of allylic oxidation sites excluding steroid dienone is 1. The third-order valence-electron chi connectivity index (χ3n) is 2.86. The van der Waals surface area contributed by atoms with Gasteiger partial charge in [0.15, 0.2) is 0 Å². The largest absolute Gasteiger partial charge is 0.489 e. The fraction of sp³-hybridized carbons (Fsp3) is 0.167. The highest BCUT2D eigenvalue weighted by Crippen LogP contribution is 2.29. The van der Waals surface area contributed by atoms with Crippen LogP contribution in [-0.2, 0) is 9.53 Å². The predicted molar refractivity (Wildman–Crippen MR) is 83.1 cm³/mol. The fourth-order valence-corrected chi connectivity index (χ4v) is 1.93. The molecule has 0 radical (unpaired) electrons. The van der Waals surface area contributed by atoms with E-state index in [4.69, 9.17) is 9.47 Å². The monoisotopic (exact) mass is 282 g/mol. The highest BCUT2D eigenvalue weighted by molar-refractivity contribution is 5.81. The van der Waals surface area contributed by atoms with Gasteiger partial charge in [0, 0.05) is 11.6 Å². The second-order valence-corrected chi connectivity index (χ2v) is 4.38. The van der Waals surface area contributed by atoms with Crippen LogP contribution in [0.5, 0.6) is 5.75 Å². The summed E-state index contributed by atoms with van der Waals surface area (Å²) in [4.78, 5) is 11.2. The Kier molecular flexibility index (Phi) is 5.59. The Labute approximate surface area is 124 Å². The van der Waals surface area contributed by atoms with Crippen molar-refractivity contribution in [2.75, 3.05) is 13.2 Å². The molecule has 0 fully saturated rings. The van der Waals surface area contributed by atoms with Crippen molar-refractivity contribution in [1.82, 2.24) is 0 Å². The molecule has 108 valence electrons. The molecule has 3 heteroatoms. The van der Waals surface area contributed by atoms with Crippen LogP contribution in [0.4, 0.5) is 0 Å². The quantitative estimate of drug-likeness (QED) is 0.458. The van der Waals surface area contributed by atoms with Crippen LogP contribution in [0.25, 0.3) is 11.1 Å². The van der Waals surface area contributed by atoms with Crippen molar-refractivity contribution in [2.24, 2.45) is 0 Å². The van der Waals surface area contributed by atoms with Crippen LogP contribution in [0, 0.1) is 0 Å². The maximum atomic E-state index is 11.2. The molecule has 0 bridgehead atoms. The second kappa shape index (κ2) is 7.90. The molecule has 2 aromatic rings. The minimum absolute atomic E-state index is 0.228. The summed E-state index contributed by atoms with van der Waals surface area (Å²) < 4.78 is 10.7. The van der Waals surface area contributed by atoms with E-state index in [1.54, 1.807) is 13.0 Å². The molecular formula is C18H18O3. The van der Waals surface area contributed by atoms with Gasteiger partial charge in [0.1, 0.15) is 19.0 Å². The molecule has 0 aliphatic carbocycles. The topological polar surface area (TPSA) is 35.5 Å². The number of carbonyl (C=O) groups excluding carboxylic acids is 1. The third kappa shape index (κ3) is 4.49. The Balaban J connectivity index is 1.97. The molecule has 0 aliphatic heterocycles. The molecule has 21 heavy (non-hydrogen) atoms. The summed E-state index contributed by atoms with van der Waals surface area (Å²) in [5, 5.41) is 0. The Bertz CT molecular complexity index is 603. The first-order valence-corrected chi connectivity index (χ1v) is 6.88. The molecule has 2 rings (SSSR count). The Morgan fingerprint density at radius 3 is 2.48 bits per heavy atom. The van der Waals surface area contributed by atoms with E-state index in [-0.39, 0.29) is 12.6 Å². The number of carbonyl (C=O) groups is 1. The van der Waals surface area contributed by atoms with Gasteiger partial charge in [0.05, 0.1) is 0 Å². The van der Waals surface area contributed by atoms with Crippen molar-refractivity contribution < 1.29 is 14.3 Å². The van der Waals surface area contributed by atoms with Crippen LogP contribution in [0.3, 0.4) is 0 Å². The number of benzene rings is 2. The summed E-state index contributed by atoms with van der Waals surface area (Å²) in [6.07, 6.45) is 3.03. The number of esters is 1. The number of rotatable bonds is 6. The van der Waals surface area contributed by atoms with E-state index in [0.717, 1.165) is 16.9 Å². The second-order valence-electron chi connectivity index (χ2n) is 4.38. The van der Waals surface area contributed by atoms with Gasteiger partial charge in [0.2, 0.25) is 0 Å². The normalized spacial score (nSPS) is 10.5. The average molecular weight is 282 g/mol. The summed E-state index contributed by atoms with van der Waals surface area (Å²) in [7, 11) is 0. The van der Waals surface area contributed by atoms with Gasteiger partial charge in [-0.25, -0.2) is 4.79 Å². The third-order valence-corrected chi connectivity index (χ3v) is 2.86. The maximum Gasteiger partial charge on any atom is 0.330 e. The molecule has 0 aromatic heterocycles. The summed E-state index contributed by atoms with van der Waals surface area (Å²) in [6, 6.07) is 17.9. The first-order chi connectivity index (χ1) is 10.3. The zero-order valence-corrected chi connectivity index (χ0v) is 12.0. The van der Waals surface area contributed by atoms with Gasteiger partial charge in [-0.2, -0.15) is 0 Å². The smallest absolute Gasteiger partial charge is 0.330 e. The molecule has 0 spiro atoms. The van der Waals surface area contributed by atoms with Gasteiger partial charge < -0.3 is 9.47 Å². The van der Waals surface area contributed by atoms with E-state index in [1.807, 2.05) is 54.6 Å². The summed E-state index contributed by atoms with van der Waals surface area (Å²) in [6.45, 7) is 2.33. The first-order valence-electron chi connectivity index (χ1n) is 6.88. The van der Waals surface area contributed by atoms with Crippen LogP contribution in [-0.4, -0.2) is 19.2 Å². The lowest BCUT2D eigenvalue weighted by atomic mass is 10.1. The minimum atomic E-state index is -0.350. The standard InChI is InChI=1S/C18H18O3/c1-2-8-18(19)21-14-13-20-17-12-7-6-11-16(17)15-9-4-3-5-10-15/h2-12H,13-14H2,1H3/b8-2+. The van der Waals surface area contributed by atoms with E-state index in [1.165, 1.54) is 6.08 Å². The van der Waals surface area contributed by atoms with Crippen molar-refractivity contribution in [2.45, 2.75) is 6.92 Å². The summed E-state index contributed by atoms with van der Waals surface area (Å²) in [5.41, 5.74) is 2.12. The number of hydrogen-bond donors (Lipinski definition) is 0. The van der Waals surface area contributed by atoms with Crippen LogP contribution in [0.2, 0.25) is 0 Å². The van der Waals surface area contributed by atoms with Crippen molar-refractivity contribution >= 4 is 5.97 Å². The van der Waals surface area contributed by atoms with Crippen LogP contribution >= 0.6 is 0 Å². The van der Waals surface area contributed by atoms with Gasteiger partial charge >= 0.3 is 5.97 Å². The van der Waals surface area contributed by atoms with Crippen LogP contribution < -0.4 is 4.74 Å². The molecule has 0 amide bonds. The highest BCUT2D eigenvalue weighted by Gasteiger charge is 2.05. The Hall–Kier alpha value is -2.55. The lowest BCUT2D eigenvalue weighted by molar-refractivity contribution is -0.138. The fourth-order valence-electron chi connectivity index (χ4n) is 1.93. The predicted octanol–water partition coefficient (Wildman–Crippen LogP) is 3.85. The number of ether oxygens (including phenoxy) is 2. The van der Waals surface area contributed by atoms with Gasteiger partial charge in [-0.3, -0.25) is 0 Å². The van der Waals surface area contributed by atoms with Gasteiger partial charge in [-0.15, -0.1) is 0 Å². The highest BCUT2D eigenvalue weighted by atomic mass is 16.6. The zero-order valence-electron chi connectivity index (χ0n) is 12.0. The van der Waals surface area contributed by atoms with E-state index < -0.39 is 0 Å². The van der Waals surface area contributed by atoms with Gasteiger partial charge in [0.25, 0.3) is 0 Å². The zero-order chi connectivity index (χ0) is 14.9. The van der Waals surface area contributed by atoms with Crippen molar-refractivity contribution in [3.8, 4) is 16.9 Å². The molecule has 0 saturated heterocycles. The van der Waals surface area contributed by atoms with Gasteiger partial charge in [-0.05, 0) is 18.6 Å². The van der Waals surface area contributed by atoms with Crippen LogP contribution in [0.15, 0.2) is 66.7 Å². The van der Waals surface area contributed by atoms with E-state index in [0.29, 0.717) is 6.61 Å². The number of hydrogen-bond acceptors (Lipinski definition) is 3. The van der Waals surface area contributed by atoms with Crippen molar-refractivity contribution in [3.63, 3.8) is 0 Å². The molecule has 0 atom stereocenters. The lowest BCUT2D eigenvalue weighted by Crippen LogP contribution is -2.10. The number of para-hydroxylation sites is 1. The lowest BCUT2D eigenvalue weighted by Gasteiger charge is -2.11. The molecule has 3 nitrogen and oxygen atoms in total. The SMILES string of the molecule is C/C=C/C(=O)OCCOc1ccccc1-c1ccccc1. The minimum Gasteiger partial charge on any atom is -0.489 e. The van der Waals surface area contributed by atoms with Gasteiger partial charge in [-0.1, -0.05) is 54.6 Å². The molecule has 2 aromatic carbocycles. The average Bonchev–Trinajstić information content (AvgIpc) is 2.53. The molecule has 0 saturated carbocycles. The first kappa shape index (κ1) is 14.9. The van der Waals surface area contributed by atoms with E-state index >= 15 is 0 Å².